The van der Waals surface area contributed by atoms with Gasteiger partial charge in [0.05, 0.1) is 16.4 Å². The van der Waals surface area contributed by atoms with Crippen LogP contribution in [0.5, 0.6) is 5.75 Å². The molecule has 4 nitrogen and oxygen atoms in total. The zero-order valence-electron chi connectivity index (χ0n) is 12.8. The predicted octanol–water partition coefficient (Wildman–Crippen LogP) is 3.93. The highest BCUT2D eigenvalue weighted by molar-refractivity contribution is 6.35. The highest BCUT2D eigenvalue weighted by atomic mass is 35.5. The van der Waals surface area contributed by atoms with E-state index in [9.17, 15) is 13.2 Å². The van der Waals surface area contributed by atoms with Crippen LogP contribution in [0.2, 0.25) is 5.02 Å². The minimum Gasteiger partial charge on any atom is -0.403 e. The van der Waals surface area contributed by atoms with Crippen LogP contribution in [0.4, 0.5) is 18.9 Å². The van der Waals surface area contributed by atoms with Gasteiger partial charge in [-0.05, 0) is 13.0 Å². The van der Waals surface area contributed by atoms with Crippen LogP contribution in [0, 0.1) is 6.92 Å². The monoisotopic (exact) mass is 381 g/mol. The normalized spacial score (nSPS) is 15.3. The van der Waals surface area contributed by atoms with Crippen molar-refractivity contribution in [2.45, 2.75) is 13.3 Å². The Morgan fingerprint density at radius 1 is 1.25 bits per heavy atom. The summed E-state index contributed by atoms with van der Waals surface area (Å²) in [4.78, 5) is 6.28. The minimum atomic E-state index is -4.77. The van der Waals surface area contributed by atoms with Gasteiger partial charge in [-0.3, -0.25) is 0 Å². The summed E-state index contributed by atoms with van der Waals surface area (Å²) in [5.74, 6) is -0.314. The molecule has 0 amide bonds. The molecule has 3 rings (SSSR count). The lowest BCUT2D eigenvalue weighted by Gasteiger charge is -2.31. The third-order valence-electron chi connectivity index (χ3n) is 3.72. The number of pyridine rings is 1. The van der Waals surface area contributed by atoms with Gasteiger partial charge >= 0.3 is 6.36 Å². The van der Waals surface area contributed by atoms with Gasteiger partial charge in [-0.1, -0.05) is 23.7 Å². The molecule has 2 aromatic rings. The molecular formula is C15H16Cl2F3N3O. The van der Waals surface area contributed by atoms with Crippen LogP contribution in [0.1, 0.15) is 5.69 Å². The van der Waals surface area contributed by atoms with E-state index in [1.807, 2.05) is 0 Å². The van der Waals surface area contributed by atoms with E-state index in [-0.39, 0.29) is 23.7 Å². The van der Waals surface area contributed by atoms with Crippen LogP contribution in [0.15, 0.2) is 18.2 Å². The first-order valence-corrected chi connectivity index (χ1v) is 7.55. The van der Waals surface area contributed by atoms with Crippen molar-refractivity contribution in [2.75, 3.05) is 31.1 Å². The van der Waals surface area contributed by atoms with E-state index in [1.165, 1.54) is 12.1 Å². The van der Waals surface area contributed by atoms with E-state index < -0.39 is 6.36 Å². The second-order valence-corrected chi connectivity index (χ2v) is 5.67. The van der Waals surface area contributed by atoms with Gasteiger partial charge in [-0.15, -0.1) is 25.6 Å². The second-order valence-electron chi connectivity index (χ2n) is 5.30. The lowest BCUT2D eigenvalue weighted by atomic mass is 10.1. The molecule has 1 N–H and O–H groups in total. The molecule has 0 spiro atoms. The van der Waals surface area contributed by atoms with Crippen LogP contribution < -0.4 is 15.0 Å². The number of aromatic nitrogens is 1. The number of piperazine rings is 1. The van der Waals surface area contributed by atoms with Crippen LogP contribution in [-0.4, -0.2) is 37.5 Å². The summed E-state index contributed by atoms with van der Waals surface area (Å²) in [5.41, 5.74) is 1.36. The van der Waals surface area contributed by atoms with Crippen LogP contribution in [-0.2, 0) is 0 Å². The molecule has 1 aromatic carbocycles. The standard InChI is InChI=1S/C15H15ClF3N3O.ClH/c1-9-12(16)14(22-7-5-20-6-8-22)10-3-2-4-11(13(10)21-9)23-15(17,18)19;/h2-4,20H,5-8H2,1H3;1H. The number of fused-ring (bicyclic) bond motifs is 1. The molecule has 0 unspecified atom stereocenters. The summed E-state index contributed by atoms with van der Waals surface area (Å²) in [5, 5.41) is 4.26. The van der Waals surface area contributed by atoms with Crippen LogP contribution in [0.3, 0.4) is 0 Å². The van der Waals surface area contributed by atoms with E-state index in [0.29, 0.717) is 21.8 Å². The van der Waals surface area contributed by atoms with Gasteiger partial charge in [0.2, 0.25) is 0 Å². The average molecular weight is 382 g/mol. The van der Waals surface area contributed by atoms with Crippen molar-refractivity contribution in [3.8, 4) is 5.75 Å². The number of nitrogens with zero attached hydrogens (tertiary/aromatic N) is 2. The Morgan fingerprint density at radius 2 is 1.92 bits per heavy atom. The quantitative estimate of drug-likeness (QED) is 0.854. The van der Waals surface area contributed by atoms with E-state index in [0.717, 1.165) is 26.2 Å². The number of hydrogen-bond donors (Lipinski definition) is 1. The largest absolute Gasteiger partial charge is 0.573 e. The first-order chi connectivity index (χ1) is 10.9. The average Bonchev–Trinajstić information content (AvgIpc) is 2.49. The van der Waals surface area contributed by atoms with Crippen molar-refractivity contribution in [3.05, 3.63) is 28.9 Å². The van der Waals surface area contributed by atoms with Gasteiger partial charge in [0, 0.05) is 31.6 Å². The molecule has 1 aliphatic rings. The Morgan fingerprint density at radius 3 is 2.54 bits per heavy atom. The van der Waals surface area contributed by atoms with Crippen LogP contribution in [0.25, 0.3) is 10.9 Å². The number of hydrogen-bond acceptors (Lipinski definition) is 4. The number of halogens is 5. The summed E-state index contributed by atoms with van der Waals surface area (Å²) in [6.45, 7) is 4.71. The first-order valence-electron chi connectivity index (χ1n) is 7.17. The second kappa shape index (κ2) is 7.21. The highest BCUT2D eigenvalue weighted by Crippen LogP contribution is 2.39. The molecular weight excluding hydrogens is 366 g/mol. The molecule has 0 saturated carbocycles. The van der Waals surface area contributed by atoms with Gasteiger partial charge in [0.15, 0.2) is 5.75 Å². The summed E-state index contributed by atoms with van der Waals surface area (Å²) >= 11 is 6.40. The number of rotatable bonds is 2. The van der Waals surface area contributed by atoms with Crippen molar-refractivity contribution in [1.82, 2.24) is 10.3 Å². The minimum absolute atomic E-state index is 0. The molecule has 0 atom stereocenters. The number of nitrogens with one attached hydrogen (secondary N) is 1. The van der Waals surface area contributed by atoms with E-state index in [2.05, 4.69) is 19.9 Å². The summed E-state index contributed by atoms with van der Waals surface area (Å²) in [6, 6.07) is 4.49. The van der Waals surface area contributed by atoms with E-state index >= 15 is 0 Å². The van der Waals surface area contributed by atoms with Crippen molar-refractivity contribution in [2.24, 2.45) is 0 Å². The smallest absolute Gasteiger partial charge is 0.403 e. The van der Waals surface area contributed by atoms with Gasteiger partial charge in [0.1, 0.15) is 5.52 Å². The fourth-order valence-corrected chi connectivity index (χ4v) is 3.00. The van der Waals surface area contributed by atoms with Gasteiger partial charge in [-0.2, -0.15) is 0 Å². The molecule has 1 aliphatic heterocycles. The molecule has 132 valence electrons. The Hall–Kier alpha value is -1.44. The topological polar surface area (TPSA) is 37.4 Å². The lowest BCUT2D eigenvalue weighted by molar-refractivity contribution is -0.274. The van der Waals surface area contributed by atoms with Crippen LogP contribution >= 0.6 is 24.0 Å². The number of para-hydroxylation sites is 1. The lowest BCUT2D eigenvalue weighted by Crippen LogP contribution is -2.43. The molecule has 1 aromatic heterocycles. The van der Waals surface area contributed by atoms with Gasteiger partial charge < -0.3 is 15.0 Å². The Labute approximate surface area is 148 Å². The molecule has 0 bridgehead atoms. The summed E-state index contributed by atoms with van der Waals surface area (Å²) in [7, 11) is 0. The molecule has 0 radical (unpaired) electrons. The van der Waals surface area contributed by atoms with Crippen molar-refractivity contribution in [3.63, 3.8) is 0 Å². The summed E-state index contributed by atoms with van der Waals surface area (Å²) < 4.78 is 41.9. The third kappa shape index (κ3) is 3.79. The maximum atomic E-state index is 12.6. The third-order valence-corrected chi connectivity index (χ3v) is 4.17. The molecule has 1 fully saturated rings. The SMILES string of the molecule is Cc1nc2c(OC(F)(F)F)cccc2c(N2CCNCC2)c1Cl.Cl. The fourth-order valence-electron chi connectivity index (χ4n) is 2.74. The number of alkyl halides is 3. The van der Waals surface area contributed by atoms with E-state index in [4.69, 9.17) is 11.6 Å². The highest BCUT2D eigenvalue weighted by Gasteiger charge is 2.32. The zero-order valence-corrected chi connectivity index (χ0v) is 14.4. The zero-order chi connectivity index (χ0) is 16.6. The maximum Gasteiger partial charge on any atom is 0.573 e. The summed E-state index contributed by atoms with van der Waals surface area (Å²) in [6.07, 6.45) is -4.77. The number of ether oxygens (including phenoxy) is 1. The van der Waals surface area contributed by atoms with E-state index in [1.54, 1.807) is 13.0 Å². The molecule has 2 heterocycles. The van der Waals surface area contributed by atoms with Gasteiger partial charge in [-0.25, -0.2) is 4.98 Å². The molecule has 9 heteroatoms. The van der Waals surface area contributed by atoms with Gasteiger partial charge in [0.25, 0.3) is 0 Å². The molecule has 0 aliphatic carbocycles. The predicted molar refractivity (Wildman–Crippen MR) is 90.5 cm³/mol. The number of benzene rings is 1. The molecule has 1 saturated heterocycles. The first kappa shape index (κ1) is 18.9. The van der Waals surface area contributed by atoms with Crippen molar-refractivity contribution in [1.29, 1.82) is 0 Å². The Bertz CT molecular complexity index is 734. The molecule has 24 heavy (non-hydrogen) atoms. The van der Waals surface area contributed by atoms with Crippen molar-refractivity contribution < 1.29 is 17.9 Å². The fraction of sp³-hybridized carbons (Fsp3) is 0.400. The van der Waals surface area contributed by atoms with Crippen molar-refractivity contribution >= 4 is 40.6 Å². The Balaban J connectivity index is 0.00000208. The number of anilines is 1. The Kier molecular flexibility index (Phi) is 5.67. The number of aryl methyl sites for hydroxylation is 1. The maximum absolute atomic E-state index is 12.6.